The highest BCUT2D eigenvalue weighted by Gasteiger charge is 2.07. The van der Waals surface area contributed by atoms with E-state index >= 15 is 0 Å². The third-order valence-corrected chi connectivity index (χ3v) is 4.18. The van der Waals surface area contributed by atoms with Crippen molar-refractivity contribution in [1.29, 1.82) is 0 Å². The number of amides is 1. The number of rotatable bonds is 8. The Bertz CT molecular complexity index is 580. The molecule has 130 valence electrons. The van der Waals surface area contributed by atoms with Crippen LogP contribution in [0.2, 0.25) is 0 Å². The number of unbranched alkanes of at least 4 members (excludes halogenated alkanes) is 1. The van der Waals surface area contributed by atoms with Gasteiger partial charge >= 0.3 is 0 Å². The van der Waals surface area contributed by atoms with Crippen LogP contribution in [-0.4, -0.2) is 23.5 Å². The van der Waals surface area contributed by atoms with Gasteiger partial charge in [0.2, 0.25) is 5.91 Å². The molecule has 1 aliphatic heterocycles. The quantitative estimate of drug-likeness (QED) is 0.641. The van der Waals surface area contributed by atoms with Crippen LogP contribution in [0.5, 0.6) is 0 Å². The second-order valence-corrected chi connectivity index (χ2v) is 6.24. The maximum atomic E-state index is 11.8. The van der Waals surface area contributed by atoms with Crippen LogP contribution in [0.4, 0.5) is 5.69 Å². The van der Waals surface area contributed by atoms with E-state index < -0.39 is 0 Å². The van der Waals surface area contributed by atoms with Crippen LogP contribution in [0.1, 0.15) is 45.4 Å². The number of anilines is 1. The molecule has 2 heterocycles. The molecule has 1 atom stereocenters. The number of carbonyl (C=O) groups is 1. The molecule has 1 aromatic rings. The van der Waals surface area contributed by atoms with Gasteiger partial charge in [0, 0.05) is 30.9 Å². The van der Waals surface area contributed by atoms with Crippen molar-refractivity contribution >= 4 is 11.6 Å². The fraction of sp³-hybridized carbons (Fsp3) is 0.474. The average Bonchev–Trinajstić information content (AvgIpc) is 2.59. The Morgan fingerprint density at radius 1 is 1.50 bits per heavy atom. The zero-order chi connectivity index (χ0) is 17.2. The van der Waals surface area contributed by atoms with Crippen LogP contribution < -0.4 is 16.4 Å². The van der Waals surface area contributed by atoms with Crippen molar-refractivity contribution in [2.45, 2.75) is 51.5 Å². The van der Waals surface area contributed by atoms with Gasteiger partial charge in [0.15, 0.2) is 0 Å². The first-order valence-electron chi connectivity index (χ1n) is 8.72. The highest BCUT2D eigenvalue weighted by Crippen LogP contribution is 2.16. The van der Waals surface area contributed by atoms with E-state index in [0.29, 0.717) is 6.42 Å². The predicted octanol–water partition coefficient (Wildman–Crippen LogP) is 3.12. The molecule has 1 aromatic heterocycles. The molecule has 2 rings (SSSR count). The summed E-state index contributed by atoms with van der Waals surface area (Å²) in [5.74, 6) is 0.0289. The number of nitrogens with two attached hydrogens (primary N) is 1. The Labute approximate surface area is 144 Å². The lowest BCUT2D eigenvalue weighted by atomic mass is 10.0. The first kappa shape index (κ1) is 18.2. The molecule has 0 saturated carbocycles. The second kappa shape index (κ2) is 9.88. The van der Waals surface area contributed by atoms with Crippen LogP contribution >= 0.6 is 0 Å². The zero-order valence-corrected chi connectivity index (χ0v) is 14.4. The van der Waals surface area contributed by atoms with E-state index in [4.69, 9.17) is 5.73 Å². The highest BCUT2D eigenvalue weighted by atomic mass is 16.1. The fourth-order valence-corrected chi connectivity index (χ4v) is 2.73. The van der Waals surface area contributed by atoms with Crippen LogP contribution in [0, 0.1) is 0 Å². The van der Waals surface area contributed by atoms with Crippen molar-refractivity contribution in [3.63, 3.8) is 0 Å². The van der Waals surface area contributed by atoms with Crippen molar-refractivity contribution in [1.82, 2.24) is 10.3 Å². The minimum atomic E-state index is 0.0289. The van der Waals surface area contributed by atoms with Crippen LogP contribution in [0.3, 0.4) is 0 Å². The van der Waals surface area contributed by atoms with E-state index in [1.807, 2.05) is 6.07 Å². The summed E-state index contributed by atoms with van der Waals surface area (Å²) in [6, 6.07) is 3.69. The number of carbonyl (C=O) groups excluding carboxylic acids is 1. The number of pyridine rings is 1. The second-order valence-electron chi connectivity index (χ2n) is 6.24. The van der Waals surface area contributed by atoms with E-state index in [1.54, 1.807) is 18.5 Å². The van der Waals surface area contributed by atoms with Crippen LogP contribution in [0.25, 0.3) is 0 Å². The van der Waals surface area contributed by atoms with Gasteiger partial charge in [-0.25, -0.2) is 0 Å². The van der Waals surface area contributed by atoms with Gasteiger partial charge in [-0.2, -0.15) is 0 Å². The van der Waals surface area contributed by atoms with Gasteiger partial charge < -0.3 is 16.4 Å². The lowest BCUT2D eigenvalue weighted by Gasteiger charge is -2.17. The molecule has 5 heteroatoms. The lowest BCUT2D eigenvalue weighted by Crippen LogP contribution is -2.20. The molecule has 0 radical (unpaired) electrons. The summed E-state index contributed by atoms with van der Waals surface area (Å²) in [6.45, 7) is 3.18. The molecule has 4 N–H and O–H groups in total. The van der Waals surface area contributed by atoms with Crippen molar-refractivity contribution in [2.75, 3.05) is 11.9 Å². The van der Waals surface area contributed by atoms with Crippen molar-refractivity contribution in [2.24, 2.45) is 5.73 Å². The van der Waals surface area contributed by atoms with Gasteiger partial charge in [-0.1, -0.05) is 18.6 Å². The zero-order valence-electron chi connectivity index (χ0n) is 14.4. The Morgan fingerprint density at radius 2 is 2.38 bits per heavy atom. The minimum absolute atomic E-state index is 0.0289. The topological polar surface area (TPSA) is 80.0 Å². The van der Waals surface area contributed by atoms with Gasteiger partial charge in [-0.3, -0.25) is 9.78 Å². The summed E-state index contributed by atoms with van der Waals surface area (Å²) < 4.78 is 0. The molecular weight excluding hydrogens is 300 g/mol. The monoisotopic (exact) mass is 328 g/mol. The van der Waals surface area contributed by atoms with E-state index in [2.05, 4.69) is 34.7 Å². The third kappa shape index (κ3) is 6.54. The van der Waals surface area contributed by atoms with E-state index in [0.717, 1.165) is 37.9 Å². The Kier molecular flexibility index (Phi) is 7.49. The number of nitrogens with zero attached hydrogens (tertiary/aromatic N) is 1. The summed E-state index contributed by atoms with van der Waals surface area (Å²) in [5.41, 5.74) is 9.50. The number of nitrogens with one attached hydrogen (secondary N) is 2. The molecule has 0 fully saturated rings. The molecule has 0 aliphatic carbocycles. The predicted molar refractivity (Wildman–Crippen MR) is 98.4 cm³/mol. The first-order valence-corrected chi connectivity index (χ1v) is 8.72. The van der Waals surface area contributed by atoms with E-state index in [-0.39, 0.29) is 11.9 Å². The number of hydrogen-bond donors (Lipinski definition) is 3. The minimum Gasteiger partial charge on any atom is -0.388 e. The van der Waals surface area contributed by atoms with Gasteiger partial charge in [-0.15, -0.1) is 0 Å². The molecule has 24 heavy (non-hydrogen) atoms. The maximum absolute atomic E-state index is 11.8. The number of aromatic nitrogens is 1. The maximum Gasteiger partial charge on any atom is 0.224 e. The lowest BCUT2D eigenvalue weighted by molar-refractivity contribution is -0.116. The molecule has 0 bridgehead atoms. The summed E-state index contributed by atoms with van der Waals surface area (Å²) >= 11 is 0. The molecule has 1 unspecified atom stereocenters. The van der Waals surface area contributed by atoms with Gasteiger partial charge in [-0.05, 0) is 50.3 Å². The summed E-state index contributed by atoms with van der Waals surface area (Å²) in [4.78, 5) is 15.8. The Hall–Kier alpha value is -2.14. The molecule has 0 spiro atoms. The molecule has 0 saturated heterocycles. The standard InChI is InChI=1S/C19H28N4O/c1-15-16(6-4-13-22-15)10-11-17(20)7-2-3-9-19(24)23-18-8-5-12-21-14-18/h5,8,10-12,14,17,22H,2-4,6-7,9,13,20H2,1H3,(H,23,24)/b11-10-. The van der Waals surface area contributed by atoms with Gasteiger partial charge in [0.1, 0.15) is 0 Å². The van der Waals surface area contributed by atoms with E-state index in [9.17, 15) is 4.79 Å². The van der Waals surface area contributed by atoms with Crippen molar-refractivity contribution in [3.05, 3.63) is 47.9 Å². The molecular formula is C19H28N4O. The first-order chi connectivity index (χ1) is 11.6. The van der Waals surface area contributed by atoms with E-state index in [1.165, 1.54) is 17.7 Å². The van der Waals surface area contributed by atoms with Crippen LogP contribution in [-0.2, 0) is 4.79 Å². The largest absolute Gasteiger partial charge is 0.388 e. The number of hydrogen-bond acceptors (Lipinski definition) is 4. The normalized spacial score (nSPS) is 16.1. The Balaban J connectivity index is 1.62. The summed E-state index contributed by atoms with van der Waals surface area (Å²) in [7, 11) is 0. The fourth-order valence-electron chi connectivity index (χ4n) is 2.73. The average molecular weight is 328 g/mol. The summed E-state index contributed by atoms with van der Waals surface area (Å²) in [5, 5.41) is 6.22. The molecule has 5 nitrogen and oxygen atoms in total. The molecule has 1 amide bonds. The van der Waals surface area contributed by atoms with Crippen LogP contribution in [0.15, 0.2) is 47.9 Å². The smallest absolute Gasteiger partial charge is 0.224 e. The van der Waals surface area contributed by atoms with Crippen molar-refractivity contribution < 1.29 is 4.79 Å². The Morgan fingerprint density at radius 3 is 3.12 bits per heavy atom. The van der Waals surface area contributed by atoms with Gasteiger partial charge in [0.25, 0.3) is 0 Å². The van der Waals surface area contributed by atoms with Gasteiger partial charge in [0.05, 0.1) is 11.9 Å². The molecule has 1 aliphatic rings. The summed E-state index contributed by atoms with van der Waals surface area (Å²) in [6.07, 6.45) is 13.1. The molecule has 0 aromatic carbocycles. The third-order valence-electron chi connectivity index (χ3n) is 4.18. The highest BCUT2D eigenvalue weighted by molar-refractivity contribution is 5.90. The SMILES string of the molecule is CC1=C(/C=C\C(N)CCCCC(=O)Nc2cccnc2)CCCN1. The number of allylic oxidation sites excluding steroid dienone is 3. The van der Waals surface area contributed by atoms with Crippen molar-refractivity contribution in [3.8, 4) is 0 Å².